The molecule has 0 unspecified atom stereocenters. The van der Waals surface area contributed by atoms with Crippen molar-refractivity contribution in [2.24, 2.45) is 0 Å². The van der Waals surface area contributed by atoms with Gasteiger partial charge in [-0.15, -0.1) is 0 Å². The Morgan fingerprint density at radius 2 is 1.80 bits per heavy atom. The zero-order valence-corrected chi connectivity index (χ0v) is 23.7. The molecule has 0 aliphatic heterocycles. The third-order valence-corrected chi connectivity index (χ3v) is 6.81. The molecule has 0 bridgehead atoms. The van der Waals surface area contributed by atoms with E-state index >= 15 is 0 Å². The first-order chi connectivity index (χ1) is 16.1. The van der Waals surface area contributed by atoms with Crippen LogP contribution in [0.15, 0.2) is 46.9 Å². The number of carbonyl (C=O) groups is 2. The molecule has 192 valence electrons. The molecular weight excluding hydrogens is 534 g/mol. The fourth-order valence-electron chi connectivity index (χ4n) is 3.48. The molecule has 0 aliphatic rings. The van der Waals surface area contributed by atoms with E-state index in [2.05, 4.69) is 21.2 Å². The number of hydrogen-bond acceptors (Lipinski definition) is 5. The summed E-state index contributed by atoms with van der Waals surface area (Å²) in [6.07, 6.45) is 1.04. The molecule has 1 atom stereocenters. The minimum atomic E-state index is -3.85. The predicted molar refractivity (Wildman–Crippen MR) is 142 cm³/mol. The third kappa shape index (κ3) is 8.24. The van der Waals surface area contributed by atoms with E-state index in [1.165, 1.54) is 12.0 Å². The number of amides is 2. The van der Waals surface area contributed by atoms with Crippen molar-refractivity contribution in [3.8, 4) is 5.75 Å². The van der Waals surface area contributed by atoms with Gasteiger partial charge in [0, 0.05) is 16.6 Å². The summed E-state index contributed by atoms with van der Waals surface area (Å²) in [5.41, 5.74) is 1.37. The summed E-state index contributed by atoms with van der Waals surface area (Å²) in [6, 6.07) is 11.7. The fraction of sp³-hybridized carbons (Fsp3) is 0.440. The first-order valence-corrected chi connectivity index (χ1v) is 13.7. The molecule has 35 heavy (non-hydrogen) atoms. The number of anilines is 1. The van der Waals surface area contributed by atoms with Gasteiger partial charge in [0.1, 0.15) is 18.3 Å². The van der Waals surface area contributed by atoms with Crippen LogP contribution in [0.1, 0.15) is 38.8 Å². The molecule has 2 aromatic carbocycles. The maximum absolute atomic E-state index is 13.6. The zero-order valence-electron chi connectivity index (χ0n) is 21.3. The summed E-state index contributed by atoms with van der Waals surface area (Å²) in [5, 5.41) is 2.90. The van der Waals surface area contributed by atoms with E-state index in [-0.39, 0.29) is 18.1 Å². The number of nitrogens with zero attached hydrogens (tertiary/aromatic N) is 2. The van der Waals surface area contributed by atoms with Gasteiger partial charge in [-0.05, 0) is 70.0 Å². The Kier molecular flexibility index (Phi) is 9.36. The predicted octanol–water partition coefficient (Wildman–Crippen LogP) is 3.86. The fourth-order valence-corrected chi connectivity index (χ4v) is 4.77. The Balaban J connectivity index is 2.48. The zero-order chi connectivity index (χ0) is 26.6. The highest BCUT2D eigenvalue weighted by molar-refractivity contribution is 9.10. The number of sulfonamides is 1. The van der Waals surface area contributed by atoms with Crippen molar-refractivity contribution < 1.29 is 22.7 Å². The topological polar surface area (TPSA) is 96.0 Å². The van der Waals surface area contributed by atoms with Crippen molar-refractivity contribution in [1.29, 1.82) is 0 Å². The average Bonchev–Trinajstić information content (AvgIpc) is 2.73. The molecule has 0 saturated heterocycles. The molecule has 2 rings (SSSR count). The lowest BCUT2D eigenvalue weighted by Crippen LogP contribution is -2.54. The number of benzene rings is 2. The first kappa shape index (κ1) is 28.6. The van der Waals surface area contributed by atoms with Crippen LogP contribution in [0.25, 0.3) is 0 Å². The highest BCUT2D eigenvalue weighted by Gasteiger charge is 2.32. The highest BCUT2D eigenvalue weighted by atomic mass is 79.9. The first-order valence-electron chi connectivity index (χ1n) is 11.1. The van der Waals surface area contributed by atoms with Gasteiger partial charge in [-0.25, -0.2) is 8.42 Å². The number of methoxy groups -OCH3 is 1. The van der Waals surface area contributed by atoms with Crippen molar-refractivity contribution >= 4 is 43.5 Å². The summed E-state index contributed by atoms with van der Waals surface area (Å²) in [7, 11) is -2.41. The number of rotatable bonds is 9. The van der Waals surface area contributed by atoms with Crippen LogP contribution in [0.3, 0.4) is 0 Å². The molecule has 10 heteroatoms. The highest BCUT2D eigenvalue weighted by Crippen LogP contribution is 2.31. The van der Waals surface area contributed by atoms with Gasteiger partial charge in [0.15, 0.2) is 0 Å². The molecule has 2 amide bonds. The van der Waals surface area contributed by atoms with Crippen LogP contribution < -0.4 is 14.4 Å². The van der Waals surface area contributed by atoms with E-state index in [9.17, 15) is 18.0 Å². The van der Waals surface area contributed by atoms with Gasteiger partial charge in [0.25, 0.3) is 0 Å². The number of halogens is 1. The second-order valence-corrected chi connectivity index (χ2v) is 12.3. The van der Waals surface area contributed by atoms with E-state index in [0.717, 1.165) is 26.2 Å². The summed E-state index contributed by atoms with van der Waals surface area (Å²) >= 11 is 3.43. The van der Waals surface area contributed by atoms with Crippen LogP contribution in [0.5, 0.6) is 5.75 Å². The van der Waals surface area contributed by atoms with Gasteiger partial charge >= 0.3 is 0 Å². The van der Waals surface area contributed by atoms with Gasteiger partial charge in [-0.1, -0.05) is 34.1 Å². The van der Waals surface area contributed by atoms with Crippen LogP contribution in [0.4, 0.5) is 5.69 Å². The molecule has 2 aromatic rings. The normalized spacial score (nSPS) is 12.6. The minimum Gasteiger partial charge on any atom is -0.495 e. The number of nitrogens with one attached hydrogen (secondary N) is 1. The van der Waals surface area contributed by atoms with E-state index in [4.69, 9.17) is 4.74 Å². The Hall–Kier alpha value is -2.59. The molecule has 0 radical (unpaired) electrons. The molecule has 0 spiro atoms. The van der Waals surface area contributed by atoms with Gasteiger partial charge in [-0.3, -0.25) is 13.9 Å². The van der Waals surface area contributed by atoms with Crippen LogP contribution in [-0.4, -0.2) is 56.6 Å². The third-order valence-electron chi connectivity index (χ3n) is 5.19. The van der Waals surface area contributed by atoms with Crippen molar-refractivity contribution in [3.05, 3.63) is 58.1 Å². The second kappa shape index (κ2) is 11.4. The number of carbonyl (C=O) groups excluding carboxylic acids is 2. The van der Waals surface area contributed by atoms with Crippen molar-refractivity contribution in [2.45, 2.75) is 52.7 Å². The number of ether oxygens (including phenoxy) is 1. The second-order valence-electron chi connectivity index (χ2n) is 9.51. The summed E-state index contributed by atoms with van der Waals surface area (Å²) in [4.78, 5) is 28.0. The maximum Gasteiger partial charge on any atom is 0.244 e. The Bertz CT molecular complexity index is 1180. The molecule has 0 aromatic heterocycles. The van der Waals surface area contributed by atoms with Crippen molar-refractivity contribution in [2.75, 3.05) is 24.2 Å². The molecule has 0 aliphatic carbocycles. The molecular formula is C25H34BrN3O5S. The van der Waals surface area contributed by atoms with Crippen molar-refractivity contribution in [1.82, 2.24) is 10.2 Å². The maximum atomic E-state index is 13.6. The van der Waals surface area contributed by atoms with Gasteiger partial charge in [-0.2, -0.15) is 0 Å². The lowest BCUT2D eigenvalue weighted by atomic mass is 10.1. The molecule has 8 nitrogen and oxygen atoms in total. The molecule has 1 N–H and O–H groups in total. The monoisotopic (exact) mass is 567 g/mol. The number of aryl methyl sites for hydroxylation is 1. The molecule has 0 saturated carbocycles. The Labute approximate surface area is 216 Å². The largest absolute Gasteiger partial charge is 0.495 e. The number of hydrogen-bond donors (Lipinski definition) is 1. The lowest BCUT2D eigenvalue weighted by Gasteiger charge is -2.33. The van der Waals surface area contributed by atoms with Gasteiger partial charge in [0.2, 0.25) is 21.8 Å². The van der Waals surface area contributed by atoms with Crippen LogP contribution in [0, 0.1) is 6.92 Å². The standard InChI is InChI=1S/C25H34BrN3O5S/c1-17-11-12-22(34-6)21(13-17)29(35(7,32)33)16-23(30)28(15-19-9-8-10-20(26)14-19)18(2)24(31)27-25(3,4)5/h8-14,18H,15-16H2,1-7H3,(H,27,31)/t18-/m1/s1. The van der Waals surface area contributed by atoms with Gasteiger partial charge in [0.05, 0.1) is 19.1 Å². The van der Waals surface area contributed by atoms with Crippen molar-refractivity contribution in [3.63, 3.8) is 0 Å². The summed E-state index contributed by atoms with van der Waals surface area (Å²) in [5.74, 6) is -0.527. The van der Waals surface area contributed by atoms with Crippen LogP contribution >= 0.6 is 15.9 Å². The van der Waals surface area contributed by atoms with E-state index < -0.39 is 34.1 Å². The van der Waals surface area contributed by atoms with Crippen LogP contribution in [0.2, 0.25) is 0 Å². The average molecular weight is 569 g/mol. The molecule has 0 heterocycles. The van der Waals surface area contributed by atoms with E-state index in [0.29, 0.717) is 5.75 Å². The van der Waals surface area contributed by atoms with E-state index in [1.54, 1.807) is 25.1 Å². The minimum absolute atomic E-state index is 0.125. The van der Waals surface area contributed by atoms with E-state index in [1.807, 2.05) is 52.0 Å². The smallest absolute Gasteiger partial charge is 0.244 e. The molecule has 0 fully saturated rings. The Morgan fingerprint density at radius 3 is 2.34 bits per heavy atom. The summed E-state index contributed by atoms with van der Waals surface area (Å²) < 4.78 is 32.8. The lowest BCUT2D eigenvalue weighted by molar-refractivity contribution is -0.140. The quantitative estimate of drug-likeness (QED) is 0.496. The SMILES string of the molecule is COc1ccc(C)cc1N(CC(=O)N(Cc1cccc(Br)c1)[C@H](C)C(=O)NC(C)(C)C)S(C)(=O)=O. The Morgan fingerprint density at radius 1 is 1.14 bits per heavy atom. The summed E-state index contributed by atoms with van der Waals surface area (Å²) in [6.45, 7) is 8.66. The van der Waals surface area contributed by atoms with Crippen LogP contribution in [-0.2, 0) is 26.2 Å². The van der Waals surface area contributed by atoms with Gasteiger partial charge < -0.3 is 15.0 Å².